The lowest BCUT2D eigenvalue weighted by Crippen LogP contribution is -2.30. The maximum Gasteiger partial charge on any atom is 0.170 e. The Morgan fingerprint density at radius 2 is 1.95 bits per heavy atom. The zero-order chi connectivity index (χ0) is 14.4. The van der Waals surface area contributed by atoms with Crippen LogP contribution in [0.4, 0.5) is 0 Å². The first kappa shape index (κ1) is 15.5. The first-order chi connectivity index (χ1) is 8.95. The molecule has 1 unspecified atom stereocenters. The van der Waals surface area contributed by atoms with Gasteiger partial charge >= 0.3 is 0 Å². The molecule has 0 saturated heterocycles. The molecule has 1 aromatic carbocycles. The minimum atomic E-state index is 0.167. The fraction of sp³-hybridized carbons (Fsp3) is 0.533. The van der Waals surface area contributed by atoms with Crippen molar-refractivity contribution in [3.63, 3.8) is 0 Å². The molecule has 0 aromatic heterocycles. The third-order valence-corrected chi connectivity index (χ3v) is 3.39. The van der Waals surface area contributed by atoms with Crippen molar-refractivity contribution in [1.82, 2.24) is 4.90 Å². The van der Waals surface area contributed by atoms with Crippen LogP contribution in [-0.2, 0) is 6.54 Å². The van der Waals surface area contributed by atoms with Crippen molar-refractivity contribution >= 4 is 5.84 Å². The second kappa shape index (κ2) is 7.14. The molecule has 19 heavy (non-hydrogen) atoms. The highest BCUT2D eigenvalue weighted by Crippen LogP contribution is 2.15. The summed E-state index contributed by atoms with van der Waals surface area (Å²) in [7, 11) is 2.11. The summed E-state index contributed by atoms with van der Waals surface area (Å²) in [6.45, 7) is 7.48. The van der Waals surface area contributed by atoms with E-state index >= 15 is 0 Å². The van der Waals surface area contributed by atoms with Crippen molar-refractivity contribution in [3.8, 4) is 0 Å². The topological polar surface area (TPSA) is 61.8 Å². The van der Waals surface area contributed by atoms with E-state index in [9.17, 15) is 0 Å². The summed E-state index contributed by atoms with van der Waals surface area (Å²) in [4.78, 5) is 2.30. The molecule has 0 saturated carbocycles. The van der Waals surface area contributed by atoms with E-state index in [1.165, 1.54) is 0 Å². The van der Waals surface area contributed by atoms with Gasteiger partial charge in [-0.05, 0) is 31.9 Å². The van der Waals surface area contributed by atoms with Crippen molar-refractivity contribution in [2.45, 2.75) is 39.8 Å². The summed E-state index contributed by atoms with van der Waals surface area (Å²) in [5.41, 5.74) is 7.59. The van der Waals surface area contributed by atoms with Gasteiger partial charge in [0.1, 0.15) is 0 Å². The van der Waals surface area contributed by atoms with Crippen LogP contribution < -0.4 is 5.73 Å². The second-order valence-corrected chi connectivity index (χ2v) is 5.54. The van der Waals surface area contributed by atoms with Gasteiger partial charge in [-0.25, -0.2) is 0 Å². The Morgan fingerprint density at radius 1 is 1.32 bits per heavy atom. The standard InChI is InChI=1S/C15H25N3O/c1-11(2)9-12(3)18(4)10-13-7-5-6-8-14(13)15(16)17-19/h5-8,11-12,19H,9-10H2,1-4H3,(H2,16,17). The molecule has 1 rings (SSSR count). The van der Waals surface area contributed by atoms with Crippen LogP contribution >= 0.6 is 0 Å². The second-order valence-electron chi connectivity index (χ2n) is 5.54. The van der Waals surface area contributed by atoms with Gasteiger partial charge < -0.3 is 10.9 Å². The molecule has 4 nitrogen and oxygen atoms in total. The Balaban J connectivity index is 2.82. The molecule has 0 aliphatic heterocycles. The number of hydrogen-bond acceptors (Lipinski definition) is 3. The molecular formula is C15H25N3O. The van der Waals surface area contributed by atoms with Crippen LogP contribution in [0.3, 0.4) is 0 Å². The number of oxime groups is 1. The predicted molar refractivity (Wildman–Crippen MR) is 79.3 cm³/mol. The smallest absolute Gasteiger partial charge is 0.170 e. The molecule has 0 fully saturated rings. The summed E-state index contributed by atoms with van der Waals surface area (Å²) >= 11 is 0. The molecule has 0 amide bonds. The van der Waals surface area contributed by atoms with Crippen molar-refractivity contribution in [3.05, 3.63) is 35.4 Å². The third-order valence-electron chi connectivity index (χ3n) is 3.39. The molecule has 0 heterocycles. The van der Waals surface area contributed by atoms with Gasteiger partial charge in [-0.3, -0.25) is 4.90 Å². The summed E-state index contributed by atoms with van der Waals surface area (Å²) < 4.78 is 0. The molecule has 0 aliphatic carbocycles. The maximum atomic E-state index is 8.82. The Hall–Kier alpha value is -1.55. The predicted octanol–water partition coefficient (Wildman–Crippen LogP) is 2.65. The van der Waals surface area contributed by atoms with Gasteiger partial charge in [0.25, 0.3) is 0 Å². The van der Waals surface area contributed by atoms with E-state index in [0.717, 1.165) is 24.1 Å². The molecule has 4 heteroatoms. The SMILES string of the molecule is CC(C)CC(C)N(C)Cc1ccccc1C(N)=NO. The Kier molecular flexibility index (Phi) is 5.83. The monoisotopic (exact) mass is 263 g/mol. The molecule has 106 valence electrons. The Morgan fingerprint density at radius 3 is 2.53 bits per heavy atom. The molecule has 0 spiro atoms. The maximum absolute atomic E-state index is 8.82. The van der Waals surface area contributed by atoms with E-state index in [0.29, 0.717) is 12.0 Å². The van der Waals surface area contributed by atoms with Crippen molar-refractivity contribution in [2.75, 3.05) is 7.05 Å². The number of nitrogens with zero attached hydrogens (tertiary/aromatic N) is 2. The number of benzene rings is 1. The van der Waals surface area contributed by atoms with Crippen LogP contribution in [-0.4, -0.2) is 29.0 Å². The van der Waals surface area contributed by atoms with Crippen molar-refractivity contribution in [2.24, 2.45) is 16.8 Å². The highest BCUT2D eigenvalue weighted by molar-refractivity contribution is 5.98. The lowest BCUT2D eigenvalue weighted by atomic mass is 10.0. The lowest BCUT2D eigenvalue weighted by Gasteiger charge is -2.27. The molecule has 1 atom stereocenters. The van der Waals surface area contributed by atoms with Gasteiger partial charge in [-0.1, -0.05) is 43.3 Å². The normalized spacial score (nSPS) is 14.1. The quantitative estimate of drug-likeness (QED) is 0.359. The average Bonchev–Trinajstić information content (AvgIpc) is 2.37. The van der Waals surface area contributed by atoms with Gasteiger partial charge in [-0.2, -0.15) is 0 Å². The molecular weight excluding hydrogens is 238 g/mol. The fourth-order valence-corrected chi connectivity index (χ4v) is 2.25. The van der Waals surface area contributed by atoms with Crippen LogP contribution in [0.2, 0.25) is 0 Å². The van der Waals surface area contributed by atoms with Crippen LogP contribution in [0.1, 0.15) is 38.3 Å². The minimum absolute atomic E-state index is 0.167. The summed E-state index contributed by atoms with van der Waals surface area (Å²) in [6.07, 6.45) is 1.15. The van der Waals surface area contributed by atoms with Crippen LogP contribution in [0.25, 0.3) is 0 Å². The Labute approximate surface area is 115 Å². The van der Waals surface area contributed by atoms with Gasteiger partial charge in [0.15, 0.2) is 5.84 Å². The molecule has 0 aliphatic rings. The van der Waals surface area contributed by atoms with Crippen molar-refractivity contribution < 1.29 is 5.21 Å². The largest absolute Gasteiger partial charge is 0.409 e. The average molecular weight is 263 g/mol. The number of nitrogens with two attached hydrogens (primary N) is 1. The molecule has 0 radical (unpaired) electrons. The summed E-state index contributed by atoms with van der Waals surface area (Å²) in [5.74, 6) is 0.845. The highest BCUT2D eigenvalue weighted by Gasteiger charge is 2.14. The first-order valence-corrected chi connectivity index (χ1v) is 6.71. The molecule has 0 bridgehead atoms. The fourth-order valence-electron chi connectivity index (χ4n) is 2.25. The van der Waals surface area contributed by atoms with Crippen LogP contribution in [0, 0.1) is 5.92 Å². The van der Waals surface area contributed by atoms with Crippen LogP contribution in [0.15, 0.2) is 29.4 Å². The highest BCUT2D eigenvalue weighted by atomic mass is 16.4. The molecule has 1 aromatic rings. The van der Waals surface area contributed by atoms with Gasteiger partial charge in [-0.15, -0.1) is 0 Å². The number of amidine groups is 1. The van der Waals surface area contributed by atoms with E-state index in [1.807, 2.05) is 24.3 Å². The Bertz CT molecular complexity index is 429. The first-order valence-electron chi connectivity index (χ1n) is 6.71. The van der Waals surface area contributed by atoms with E-state index in [2.05, 4.69) is 37.9 Å². The number of rotatable bonds is 6. The summed E-state index contributed by atoms with van der Waals surface area (Å²) in [5, 5.41) is 11.9. The van der Waals surface area contributed by atoms with E-state index < -0.39 is 0 Å². The zero-order valence-electron chi connectivity index (χ0n) is 12.3. The minimum Gasteiger partial charge on any atom is -0.409 e. The lowest BCUT2D eigenvalue weighted by molar-refractivity contribution is 0.220. The third kappa shape index (κ3) is 4.56. The summed E-state index contributed by atoms with van der Waals surface area (Å²) in [6, 6.07) is 8.27. The van der Waals surface area contributed by atoms with E-state index in [1.54, 1.807) is 0 Å². The zero-order valence-corrected chi connectivity index (χ0v) is 12.3. The molecule has 3 N–H and O–H groups in total. The van der Waals surface area contributed by atoms with Crippen molar-refractivity contribution in [1.29, 1.82) is 0 Å². The van der Waals surface area contributed by atoms with E-state index in [4.69, 9.17) is 10.9 Å². The number of hydrogen-bond donors (Lipinski definition) is 2. The van der Waals surface area contributed by atoms with Crippen LogP contribution in [0.5, 0.6) is 0 Å². The van der Waals surface area contributed by atoms with Gasteiger partial charge in [0.05, 0.1) is 0 Å². The van der Waals surface area contributed by atoms with E-state index in [-0.39, 0.29) is 5.84 Å². The van der Waals surface area contributed by atoms with Gasteiger partial charge in [0.2, 0.25) is 0 Å². The van der Waals surface area contributed by atoms with Gasteiger partial charge in [0, 0.05) is 18.2 Å².